The molecule has 1 amide bonds. The number of halogens is 1. The molecule has 2 aromatic heterocycles. The third-order valence-corrected chi connectivity index (χ3v) is 3.52. The number of pyridine rings is 2. The van der Waals surface area contributed by atoms with Crippen LogP contribution in [0.3, 0.4) is 0 Å². The van der Waals surface area contributed by atoms with E-state index in [-0.39, 0.29) is 16.6 Å². The number of carbonyl (C=O) groups is 1. The first-order valence-corrected chi connectivity index (χ1v) is 6.08. The monoisotopic (exact) mass is 275 g/mol. The molecule has 1 aliphatic rings. The maximum absolute atomic E-state index is 12.2. The second-order valence-electron chi connectivity index (χ2n) is 4.45. The second kappa shape index (κ2) is 3.93. The van der Waals surface area contributed by atoms with Crippen LogP contribution in [0.2, 0.25) is 5.02 Å². The molecule has 0 aromatic carbocycles. The Bertz CT molecular complexity index is 726. The van der Waals surface area contributed by atoms with Crippen molar-refractivity contribution in [3.05, 3.63) is 63.3 Å². The minimum atomic E-state index is -1.02. The van der Waals surface area contributed by atoms with E-state index in [1.807, 2.05) is 0 Å². The molecule has 3 rings (SSSR count). The minimum Gasteiger partial charge on any atom is -0.323 e. The van der Waals surface area contributed by atoms with E-state index in [0.717, 1.165) is 0 Å². The van der Waals surface area contributed by atoms with Gasteiger partial charge < -0.3 is 5.32 Å². The molecule has 5 nitrogen and oxygen atoms in total. The molecular weight excluding hydrogens is 266 g/mol. The minimum absolute atomic E-state index is 0.0717. The molecule has 96 valence electrons. The standard InChI is InChI=1S/C13H10ClN3O2/c1-13(10-4-2-3-7-15-10)16-11(18)9-6-5-8(14)12(19)17(9)13/h2-7H,1H3,(H,16,18). The van der Waals surface area contributed by atoms with E-state index in [0.29, 0.717) is 5.69 Å². The Morgan fingerprint density at radius 1 is 1.26 bits per heavy atom. The molecule has 0 spiro atoms. The Balaban J connectivity index is 2.33. The summed E-state index contributed by atoms with van der Waals surface area (Å²) in [6.45, 7) is 1.72. The van der Waals surface area contributed by atoms with Gasteiger partial charge in [0.15, 0.2) is 5.66 Å². The summed E-state index contributed by atoms with van der Waals surface area (Å²) in [7, 11) is 0. The van der Waals surface area contributed by atoms with Crippen molar-refractivity contribution in [1.82, 2.24) is 14.9 Å². The lowest BCUT2D eigenvalue weighted by Gasteiger charge is -2.26. The van der Waals surface area contributed by atoms with Crippen molar-refractivity contribution < 1.29 is 4.79 Å². The van der Waals surface area contributed by atoms with Crippen LogP contribution in [-0.2, 0) is 5.66 Å². The smallest absolute Gasteiger partial charge is 0.272 e. The van der Waals surface area contributed by atoms with Crippen molar-refractivity contribution in [3.8, 4) is 0 Å². The zero-order chi connectivity index (χ0) is 13.6. The number of carbonyl (C=O) groups excluding carboxylic acids is 1. The molecule has 0 fully saturated rings. The summed E-state index contributed by atoms with van der Waals surface area (Å²) in [5, 5.41) is 2.85. The quantitative estimate of drug-likeness (QED) is 0.855. The third-order valence-electron chi connectivity index (χ3n) is 3.24. The fraction of sp³-hybridized carbons (Fsp3) is 0.154. The SMILES string of the molecule is CC1(c2ccccn2)NC(=O)c2ccc(Cl)c(=O)n21. The van der Waals surface area contributed by atoms with Gasteiger partial charge >= 0.3 is 0 Å². The summed E-state index contributed by atoms with van der Waals surface area (Å²) in [6, 6.07) is 8.29. The Morgan fingerprint density at radius 2 is 2.05 bits per heavy atom. The average Bonchev–Trinajstić information content (AvgIpc) is 2.68. The van der Waals surface area contributed by atoms with Crippen LogP contribution in [-0.4, -0.2) is 15.5 Å². The maximum Gasteiger partial charge on any atom is 0.272 e. The lowest BCUT2D eigenvalue weighted by molar-refractivity contribution is 0.0940. The molecule has 3 heterocycles. The van der Waals surface area contributed by atoms with Gasteiger partial charge in [-0.05, 0) is 31.2 Å². The van der Waals surface area contributed by atoms with Crippen LogP contribution in [0, 0.1) is 0 Å². The fourth-order valence-corrected chi connectivity index (χ4v) is 2.45. The first-order chi connectivity index (χ1) is 9.04. The van der Waals surface area contributed by atoms with Gasteiger partial charge in [0.25, 0.3) is 11.5 Å². The number of aromatic nitrogens is 2. The van der Waals surface area contributed by atoms with Crippen LogP contribution in [0.15, 0.2) is 41.3 Å². The molecular formula is C13H10ClN3O2. The summed E-state index contributed by atoms with van der Waals surface area (Å²) in [5.41, 5.74) is -0.574. The number of hydrogen-bond acceptors (Lipinski definition) is 3. The highest BCUT2D eigenvalue weighted by molar-refractivity contribution is 6.30. The molecule has 1 aliphatic heterocycles. The molecule has 0 saturated carbocycles. The summed E-state index contributed by atoms with van der Waals surface area (Å²) in [6.07, 6.45) is 1.61. The van der Waals surface area contributed by atoms with E-state index in [1.165, 1.54) is 16.7 Å². The lowest BCUT2D eigenvalue weighted by atomic mass is 10.1. The number of rotatable bonds is 1. The highest BCUT2D eigenvalue weighted by atomic mass is 35.5. The summed E-state index contributed by atoms with van der Waals surface area (Å²) in [4.78, 5) is 28.4. The highest BCUT2D eigenvalue weighted by Crippen LogP contribution is 2.27. The van der Waals surface area contributed by atoms with Crippen molar-refractivity contribution in [2.45, 2.75) is 12.6 Å². The summed E-state index contributed by atoms with van der Waals surface area (Å²) < 4.78 is 1.35. The number of hydrogen-bond donors (Lipinski definition) is 1. The van der Waals surface area contributed by atoms with E-state index in [9.17, 15) is 9.59 Å². The first kappa shape index (κ1) is 11.9. The fourth-order valence-electron chi connectivity index (χ4n) is 2.31. The lowest BCUT2D eigenvalue weighted by Crippen LogP contribution is -2.46. The molecule has 1 atom stereocenters. The molecule has 0 radical (unpaired) electrons. The van der Waals surface area contributed by atoms with Crippen molar-refractivity contribution in [1.29, 1.82) is 0 Å². The van der Waals surface area contributed by atoms with E-state index >= 15 is 0 Å². The summed E-state index contributed by atoms with van der Waals surface area (Å²) >= 11 is 5.86. The largest absolute Gasteiger partial charge is 0.323 e. The van der Waals surface area contributed by atoms with Crippen LogP contribution in [0.1, 0.15) is 23.1 Å². The first-order valence-electron chi connectivity index (χ1n) is 5.70. The molecule has 19 heavy (non-hydrogen) atoms. The predicted molar refractivity (Wildman–Crippen MR) is 70.2 cm³/mol. The van der Waals surface area contributed by atoms with Gasteiger partial charge in [-0.3, -0.25) is 19.1 Å². The molecule has 0 aliphatic carbocycles. The van der Waals surface area contributed by atoms with E-state index in [2.05, 4.69) is 10.3 Å². The number of nitrogens with zero attached hydrogens (tertiary/aromatic N) is 2. The number of fused-ring (bicyclic) bond motifs is 1. The zero-order valence-electron chi connectivity index (χ0n) is 10.1. The Labute approximate surface area is 113 Å². The van der Waals surface area contributed by atoms with Gasteiger partial charge in [0.1, 0.15) is 10.7 Å². The van der Waals surface area contributed by atoms with Crippen LogP contribution in [0.25, 0.3) is 0 Å². The van der Waals surface area contributed by atoms with Crippen molar-refractivity contribution in [2.75, 3.05) is 0 Å². The Hall–Kier alpha value is -2.14. The van der Waals surface area contributed by atoms with Gasteiger partial charge in [-0.1, -0.05) is 17.7 Å². The van der Waals surface area contributed by atoms with E-state index < -0.39 is 11.2 Å². The average molecular weight is 276 g/mol. The van der Waals surface area contributed by atoms with Gasteiger partial charge in [0.2, 0.25) is 0 Å². The van der Waals surface area contributed by atoms with Crippen molar-refractivity contribution in [2.24, 2.45) is 0 Å². The molecule has 2 aromatic rings. The highest BCUT2D eigenvalue weighted by Gasteiger charge is 2.42. The molecule has 0 saturated heterocycles. The molecule has 1 N–H and O–H groups in total. The number of nitrogens with one attached hydrogen (secondary N) is 1. The van der Waals surface area contributed by atoms with Crippen LogP contribution < -0.4 is 10.9 Å². The van der Waals surface area contributed by atoms with Gasteiger partial charge in [-0.2, -0.15) is 0 Å². The zero-order valence-corrected chi connectivity index (χ0v) is 10.8. The Morgan fingerprint density at radius 3 is 2.74 bits per heavy atom. The maximum atomic E-state index is 12.2. The van der Waals surface area contributed by atoms with E-state index in [1.54, 1.807) is 31.3 Å². The van der Waals surface area contributed by atoms with Gasteiger partial charge in [0, 0.05) is 6.20 Å². The van der Waals surface area contributed by atoms with Gasteiger partial charge in [-0.25, -0.2) is 0 Å². The molecule has 6 heteroatoms. The molecule has 0 bridgehead atoms. The van der Waals surface area contributed by atoms with Crippen LogP contribution in [0.4, 0.5) is 0 Å². The van der Waals surface area contributed by atoms with Crippen LogP contribution >= 0.6 is 11.6 Å². The Kier molecular flexibility index (Phi) is 2.46. The van der Waals surface area contributed by atoms with Crippen molar-refractivity contribution >= 4 is 17.5 Å². The third kappa shape index (κ3) is 1.58. The number of amides is 1. The van der Waals surface area contributed by atoms with Crippen LogP contribution in [0.5, 0.6) is 0 Å². The summed E-state index contributed by atoms with van der Waals surface area (Å²) in [5.74, 6) is -0.318. The van der Waals surface area contributed by atoms with E-state index in [4.69, 9.17) is 11.6 Å². The molecule has 1 unspecified atom stereocenters. The predicted octanol–water partition coefficient (Wildman–Crippen LogP) is 1.36. The normalized spacial score (nSPS) is 21.1. The van der Waals surface area contributed by atoms with Gasteiger partial charge in [0.05, 0.1) is 5.69 Å². The topological polar surface area (TPSA) is 64.0 Å². The van der Waals surface area contributed by atoms with Crippen molar-refractivity contribution in [3.63, 3.8) is 0 Å². The van der Waals surface area contributed by atoms with Gasteiger partial charge in [-0.15, -0.1) is 0 Å². The second-order valence-corrected chi connectivity index (χ2v) is 4.86.